The second-order valence-electron chi connectivity index (χ2n) is 4.41. The zero-order valence-electron chi connectivity index (χ0n) is 10.7. The standard InChI is InChI=1S/C12H17N3O2S.ClH/c1-14-8-3-2-6-15(7-8)12(17)10-5-4-9(18-10)11(13)16;/h4-5,8,14H,2-3,6-7H2,1H3,(H2,13,16);1H. The van der Waals surface area contributed by atoms with Gasteiger partial charge in [0, 0.05) is 19.1 Å². The molecule has 106 valence electrons. The van der Waals surface area contributed by atoms with Crippen LogP contribution in [0.2, 0.25) is 0 Å². The van der Waals surface area contributed by atoms with Crippen LogP contribution in [-0.4, -0.2) is 42.9 Å². The average molecular weight is 304 g/mol. The zero-order valence-corrected chi connectivity index (χ0v) is 12.4. The Labute approximate surface area is 122 Å². The molecule has 0 aliphatic carbocycles. The number of thiophene rings is 1. The molecular formula is C12H18ClN3O2S. The van der Waals surface area contributed by atoms with E-state index in [4.69, 9.17) is 5.73 Å². The van der Waals surface area contributed by atoms with Crippen molar-refractivity contribution in [1.82, 2.24) is 10.2 Å². The van der Waals surface area contributed by atoms with Gasteiger partial charge in [-0.25, -0.2) is 0 Å². The van der Waals surface area contributed by atoms with Crippen molar-refractivity contribution < 1.29 is 9.59 Å². The number of piperidine rings is 1. The van der Waals surface area contributed by atoms with E-state index < -0.39 is 5.91 Å². The van der Waals surface area contributed by atoms with Gasteiger partial charge in [0.1, 0.15) is 0 Å². The molecule has 2 rings (SSSR count). The Morgan fingerprint density at radius 2 is 2.11 bits per heavy atom. The molecule has 19 heavy (non-hydrogen) atoms. The fourth-order valence-corrected chi connectivity index (χ4v) is 2.96. The lowest BCUT2D eigenvalue weighted by atomic mass is 10.1. The summed E-state index contributed by atoms with van der Waals surface area (Å²) in [6.45, 7) is 1.50. The van der Waals surface area contributed by atoms with Gasteiger partial charge in [0.05, 0.1) is 9.75 Å². The fourth-order valence-electron chi connectivity index (χ4n) is 2.14. The number of hydrogen-bond donors (Lipinski definition) is 2. The molecule has 3 N–H and O–H groups in total. The summed E-state index contributed by atoms with van der Waals surface area (Å²) >= 11 is 1.17. The van der Waals surface area contributed by atoms with Gasteiger partial charge in [0.2, 0.25) is 0 Å². The van der Waals surface area contributed by atoms with Crippen molar-refractivity contribution in [3.8, 4) is 0 Å². The molecule has 0 bridgehead atoms. The van der Waals surface area contributed by atoms with Gasteiger partial charge in [-0.15, -0.1) is 23.7 Å². The van der Waals surface area contributed by atoms with Crippen molar-refractivity contribution in [3.05, 3.63) is 21.9 Å². The van der Waals surface area contributed by atoms with E-state index in [1.54, 1.807) is 12.1 Å². The highest BCUT2D eigenvalue weighted by molar-refractivity contribution is 7.15. The largest absolute Gasteiger partial charge is 0.365 e. The van der Waals surface area contributed by atoms with Crippen molar-refractivity contribution in [2.45, 2.75) is 18.9 Å². The number of likely N-dealkylation sites (N-methyl/N-ethyl adjacent to an activating group) is 1. The number of rotatable bonds is 3. The molecule has 7 heteroatoms. The molecular weight excluding hydrogens is 286 g/mol. The molecule has 1 saturated heterocycles. The second-order valence-corrected chi connectivity index (χ2v) is 5.49. The summed E-state index contributed by atoms with van der Waals surface area (Å²) in [5, 5.41) is 3.20. The summed E-state index contributed by atoms with van der Waals surface area (Å²) in [5.74, 6) is -0.488. The normalized spacial score (nSPS) is 18.8. The van der Waals surface area contributed by atoms with Crippen LogP contribution in [-0.2, 0) is 0 Å². The van der Waals surface area contributed by atoms with Gasteiger partial charge in [-0.3, -0.25) is 9.59 Å². The summed E-state index contributed by atoms with van der Waals surface area (Å²) in [7, 11) is 1.91. The predicted molar refractivity (Wildman–Crippen MR) is 78.1 cm³/mol. The predicted octanol–water partition coefficient (Wildman–Crippen LogP) is 1.09. The van der Waals surface area contributed by atoms with Crippen LogP contribution in [0.5, 0.6) is 0 Å². The maximum atomic E-state index is 12.3. The van der Waals surface area contributed by atoms with Crippen molar-refractivity contribution in [2.24, 2.45) is 5.73 Å². The lowest BCUT2D eigenvalue weighted by Crippen LogP contribution is -2.46. The molecule has 0 aromatic carbocycles. The molecule has 0 saturated carbocycles. The molecule has 2 amide bonds. The quantitative estimate of drug-likeness (QED) is 0.878. The lowest BCUT2D eigenvalue weighted by molar-refractivity contribution is 0.0703. The summed E-state index contributed by atoms with van der Waals surface area (Å²) in [6, 6.07) is 3.65. The van der Waals surface area contributed by atoms with Gasteiger partial charge in [-0.05, 0) is 32.0 Å². The number of hydrogen-bond acceptors (Lipinski definition) is 4. The number of carbonyl (C=O) groups excluding carboxylic acids is 2. The smallest absolute Gasteiger partial charge is 0.263 e. The number of nitrogens with two attached hydrogens (primary N) is 1. The SMILES string of the molecule is CNC1CCCN(C(=O)c2ccc(C(N)=O)s2)C1.Cl. The highest BCUT2D eigenvalue weighted by Crippen LogP contribution is 2.20. The van der Waals surface area contributed by atoms with E-state index in [2.05, 4.69) is 5.32 Å². The Morgan fingerprint density at radius 1 is 1.42 bits per heavy atom. The van der Waals surface area contributed by atoms with Gasteiger partial charge < -0.3 is 16.0 Å². The van der Waals surface area contributed by atoms with Crippen LogP contribution in [0.1, 0.15) is 32.2 Å². The third-order valence-corrected chi connectivity index (χ3v) is 4.26. The summed E-state index contributed by atoms with van der Waals surface area (Å²) < 4.78 is 0. The molecule has 5 nitrogen and oxygen atoms in total. The molecule has 1 fully saturated rings. The van der Waals surface area contributed by atoms with Gasteiger partial charge in [0.15, 0.2) is 0 Å². The van der Waals surface area contributed by atoms with Gasteiger partial charge in [0.25, 0.3) is 11.8 Å². The fraction of sp³-hybridized carbons (Fsp3) is 0.500. The first-order chi connectivity index (χ1) is 8.61. The van der Waals surface area contributed by atoms with E-state index in [1.807, 2.05) is 11.9 Å². The Morgan fingerprint density at radius 3 is 2.68 bits per heavy atom. The molecule has 0 spiro atoms. The second kappa shape index (κ2) is 6.88. The van der Waals surface area contributed by atoms with Crippen LogP contribution in [0.4, 0.5) is 0 Å². The van der Waals surface area contributed by atoms with E-state index in [9.17, 15) is 9.59 Å². The Hall–Kier alpha value is -1.11. The number of likely N-dealkylation sites (tertiary alicyclic amines) is 1. The number of halogens is 1. The molecule has 1 atom stereocenters. The lowest BCUT2D eigenvalue weighted by Gasteiger charge is -2.32. The molecule has 0 radical (unpaired) electrons. The Balaban J connectivity index is 0.00000180. The minimum atomic E-state index is -0.481. The van der Waals surface area contributed by atoms with Crippen molar-refractivity contribution >= 4 is 35.6 Å². The summed E-state index contributed by atoms with van der Waals surface area (Å²) in [5.41, 5.74) is 5.19. The first-order valence-corrected chi connectivity index (χ1v) is 6.79. The molecule has 2 heterocycles. The van der Waals surface area contributed by atoms with Crippen molar-refractivity contribution in [2.75, 3.05) is 20.1 Å². The van der Waals surface area contributed by atoms with Gasteiger partial charge >= 0.3 is 0 Å². The third-order valence-electron chi connectivity index (χ3n) is 3.18. The number of carbonyl (C=O) groups is 2. The number of amides is 2. The average Bonchev–Trinajstić information content (AvgIpc) is 2.87. The molecule has 1 aromatic rings. The molecule has 1 aromatic heterocycles. The first kappa shape index (κ1) is 15.9. The van der Waals surface area contributed by atoms with Crippen LogP contribution in [0, 0.1) is 0 Å². The summed E-state index contributed by atoms with van der Waals surface area (Å²) in [6.07, 6.45) is 2.10. The number of primary amides is 1. The Kier molecular flexibility index (Phi) is 5.78. The highest BCUT2D eigenvalue weighted by atomic mass is 35.5. The first-order valence-electron chi connectivity index (χ1n) is 5.98. The molecule has 1 aliphatic heterocycles. The van der Waals surface area contributed by atoms with Crippen LogP contribution in [0.15, 0.2) is 12.1 Å². The highest BCUT2D eigenvalue weighted by Gasteiger charge is 2.24. The van der Waals surface area contributed by atoms with Crippen LogP contribution >= 0.6 is 23.7 Å². The molecule has 1 unspecified atom stereocenters. The van der Waals surface area contributed by atoms with Gasteiger partial charge in [-0.2, -0.15) is 0 Å². The Bertz CT molecular complexity index is 464. The maximum Gasteiger partial charge on any atom is 0.263 e. The minimum absolute atomic E-state index is 0. The van der Waals surface area contributed by atoms with E-state index in [1.165, 1.54) is 11.3 Å². The van der Waals surface area contributed by atoms with Crippen LogP contribution in [0.3, 0.4) is 0 Å². The van der Waals surface area contributed by atoms with Gasteiger partial charge in [-0.1, -0.05) is 0 Å². The summed E-state index contributed by atoms with van der Waals surface area (Å²) in [4.78, 5) is 26.1. The van der Waals surface area contributed by atoms with E-state index in [0.717, 1.165) is 25.9 Å². The van der Waals surface area contributed by atoms with Crippen molar-refractivity contribution in [1.29, 1.82) is 0 Å². The number of nitrogens with zero attached hydrogens (tertiary/aromatic N) is 1. The third kappa shape index (κ3) is 3.68. The van der Waals surface area contributed by atoms with Crippen LogP contribution < -0.4 is 11.1 Å². The zero-order chi connectivity index (χ0) is 13.1. The minimum Gasteiger partial charge on any atom is -0.365 e. The number of nitrogens with one attached hydrogen (secondary N) is 1. The maximum absolute atomic E-state index is 12.3. The topological polar surface area (TPSA) is 75.4 Å². The van der Waals surface area contributed by atoms with Crippen molar-refractivity contribution in [3.63, 3.8) is 0 Å². The molecule has 1 aliphatic rings. The van der Waals surface area contributed by atoms with E-state index in [-0.39, 0.29) is 18.3 Å². The van der Waals surface area contributed by atoms with E-state index in [0.29, 0.717) is 15.8 Å². The monoisotopic (exact) mass is 303 g/mol. The van der Waals surface area contributed by atoms with E-state index >= 15 is 0 Å². The van der Waals surface area contributed by atoms with Crippen LogP contribution in [0.25, 0.3) is 0 Å².